The highest BCUT2D eigenvalue weighted by molar-refractivity contribution is 6.29. The van der Waals surface area contributed by atoms with Gasteiger partial charge in [0.25, 0.3) is 0 Å². The molecule has 1 N–H and O–H groups in total. The molecule has 0 aliphatic rings. The van der Waals surface area contributed by atoms with E-state index in [1.807, 2.05) is 12.1 Å². The summed E-state index contributed by atoms with van der Waals surface area (Å²) in [6, 6.07) is 9.99. The number of halogens is 1. The molecule has 92 valence electrons. The van der Waals surface area contributed by atoms with Gasteiger partial charge in [-0.05, 0) is 24.3 Å². The summed E-state index contributed by atoms with van der Waals surface area (Å²) < 4.78 is 5.21. The molecule has 0 spiro atoms. The molecule has 1 aromatic carbocycles. The first-order chi connectivity index (χ1) is 8.61. The third-order valence-corrected chi connectivity index (χ3v) is 2.62. The number of hydrogen-bond donors (Lipinski definition) is 1. The number of hydrogen-bond acceptors (Lipinski definition) is 3. The second-order valence-corrected chi connectivity index (χ2v) is 3.96. The summed E-state index contributed by atoms with van der Waals surface area (Å²) in [5.74, 6) is -0.431. The minimum atomic E-state index is -1.05. The van der Waals surface area contributed by atoms with E-state index in [-0.39, 0.29) is 10.7 Å². The first-order valence-corrected chi connectivity index (χ1v) is 5.54. The Bertz CT molecular complexity index is 599. The second-order valence-electron chi connectivity index (χ2n) is 3.57. The molecule has 0 amide bonds. The van der Waals surface area contributed by atoms with Gasteiger partial charge in [0.15, 0.2) is 0 Å². The Hall–Kier alpha value is -2.07. The molecule has 4 nitrogen and oxygen atoms in total. The summed E-state index contributed by atoms with van der Waals surface area (Å²) >= 11 is 5.82. The zero-order valence-electron chi connectivity index (χ0n) is 9.55. The number of methoxy groups -OCH3 is 1. The number of rotatable bonds is 3. The maximum atomic E-state index is 11.0. The number of carbonyl (C=O) groups is 1. The Kier molecular flexibility index (Phi) is 3.48. The van der Waals surface area contributed by atoms with Crippen LogP contribution in [0.2, 0.25) is 5.15 Å². The molecule has 0 saturated heterocycles. The summed E-state index contributed by atoms with van der Waals surface area (Å²) in [6.07, 6.45) is 0. The highest BCUT2D eigenvalue weighted by Crippen LogP contribution is 2.29. The topological polar surface area (TPSA) is 59.4 Å². The maximum Gasteiger partial charge on any atom is 0.335 e. The lowest BCUT2D eigenvalue weighted by molar-refractivity contribution is 0.0697. The number of ether oxygens (including phenoxy) is 1. The van der Waals surface area contributed by atoms with Crippen molar-refractivity contribution in [3.8, 4) is 17.0 Å². The van der Waals surface area contributed by atoms with Crippen LogP contribution in [0.15, 0.2) is 36.4 Å². The van der Waals surface area contributed by atoms with Gasteiger partial charge in [0.05, 0.1) is 18.4 Å². The lowest BCUT2D eigenvalue weighted by Gasteiger charge is -2.08. The van der Waals surface area contributed by atoms with E-state index in [4.69, 9.17) is 21.4 Å². The molecule has 18 heavy (non-hydrogen) atoms. The van der Waals surface area contributed by atoms with Gasteiger partial charge in [-0.25, -0.2) is 9.78 Å². The van der Waals surface area contributed by atoms with Gasteiger partial charge >= 0.3 is 5.97 Å². The van der Waals surface area contributed by atoms with E-state index >= 15 is 0 Å². The van der Waals surface area contributed by atoms with Crippen molar-refractivity contribution in [2.24, 2.45) is 0 Å². The Balaban J connectivity index is 2.60. The van der Waals surface area contributed by atoms with E-state index in [0.717, 1.165) is 0 Å². The van der Waals surface area contributed by atoms with Crippen molar-refractivity contribution < 1.29 is 14.6 Å². The minimum Gasteiger partial charge on any atom is -0.496 e. The fourth-order valence-corrected chi connectivity index (χ4v) is 1.82. The molecule has 0 aliphatic carbocycles. The maximum absolute atomic E-state index is 11.0. The summed E-state index contributed by atoms with van der Waals surface area (Å²) in [4.78, 5) is 15.1. The standard InChI is InChI=1S/C13H10ClNO3/c1-18-11-5-3-2-4-9(11)10-6-8(13(16)17)7-12(14)15-10/h2-7H,1H3,(H,16,17). The highest BCUT2D eigenvalue weighted by Gasteiger charge is 2.11. The van der Waals surface area contributed by atoms with Gasteiger partial charge in [-0.2, -0.15) is 0 Å². The van der Waals surface area contributed by atoms with Crippen LogP contribution in [0, 0.1) is 0 Å². The molecule has 2 aromatic rings. The largest absolute Gasteiger partial charge is 0.496 e. The third kappa shape index (κ3) is 2.43. The number of carboxylic acids is 1. The lowest BCUT2D eigenvalue weighted by atomic mass is 10.1. The molecule has 0 aliphatic heterocycles. The summed E-state index contributed by atoms with van der Waals surface area (Å²) in [5.41, 5.74) is 1.26. The van der Waals surface area contributed by atoms with Crippen LogP contribution in [-0.4, -0.2) is 23.2 Å². The predicted octanol–water partition coefficient (Wildman–Crippen LogP) is 3.11. The van der Waals surface area contributed by atoms with Crippen molar-refractivity contribution in [2.75, 3.05) is 7.11 Å². The molecule has 1 heterocycles. The number of aromatic nitrogens is 1. The normalized spacial score (nSPS) is 10.1. The molecule has 0 fully saturated rings. The van der Waals surface area contributed by atoms with Gasteiger partial charge in [0.2, 0.25) is 0 Å². The smallest absolute Gasteiger partial charge is 0.335 e. The highest BCUT2D eigenvalue weighted by atomic mass is 35.5. The van der Waals surface area contributed by atoms with Crippen LogP contribution in [0.1, 0.15) is 10.4 Å². The number of benzene rings is 1. The monoisotopic (exact) mass is 263 g/mol. The average molecular weight is 264 g/mol. The molecule has 0 radical (unpaired) electrons. The first kappa shape index (κ1) is 12.4. The number of para-hydroxylation sites is 1. The molecular weight excluding hydrogens is 254 g/mol. The number of carboxylic acid groups (broad SMARTS) is 1. The van der Waals surface area contributed by atoms with E-state index in [0.29, 0.717) is 17.0 Å². The van der Waals surface area contributed by atoms with Crippen molar-refractivity contribution >= 4 is 17.6 Å². The van der Waals surface area contributed by atoms with Crippen LogP contribution in [0.5, 0.6) is 5.75 Å². The molecule has 5 heteroatoms. The van der Waals surface area contributed by atoms with Crippen molar-refractivity contribution in [3.63, 3.8) is 0 Å². The molecule has 0 bridgehead atoms. The molecule has 2 rings (SSSR count). The van der Waals surface area contributed by atoms with Crippen molar-refractivity contribution in [3.05, 3.63) is 47.1 Å². The zero-order chi connectivity index (χ0) is 13.1. The SMILES string of the molecule is COc1ccccc1-c1cc(C(=O)O)cc(Cl)n1. The molecule has 0 atom stereocenters. The number of pyridine rings is 1. The van der Waals surface area contributed by atoms with E-state index in [1.165, 1.54) is 12.1 Å². The van der Waals surface area contributed by atoms with Crippen LogP contribution in [0.4, 0.5) is 0 Å². The van der Waals surface area contributed by atoms with E-state index < -0.39 is 5.97 Å². The Morgan fingerprint density at radius 2 is 2.06 bits per heavy atom. The van der Waals surface area contributed by atoms with Gasteiger partial charge in [0.1, 0.15) is 10.9 Å². The van der Waals surface area contributed by atoms with Crippen molar-refractivity contribution in [1.82, 2.24) is 4.98 Å². The Morgan fingerprint density at radius 1 is 1.33 bits per heavy atom. The van der Waals surface area contributed by atoms with Gasteiger partial charge in [-0.3, -0.25) is 0 Å². The fourth-order valence-electron chi connectivity index (χ4n) is 1.61. The predicted molar refractivity (Wildman–Crippen MR) is 68.2 cm³/mol. The Labute approximate surface area is 109 Å². The van der Waals surface area contributed by atoms with Crippen molar-refractivity contribution in [2.45, 2.75) is 0 Å². The molecule has 0 unspecified atom stereocenters. The van der Waals surface area contributed by atoms with Crippen molar-refractivity contribution in [1.29, 1.82) is 0 Å². The summed E-state index contributed by atoms with van der Waals surface area (Å²) in [6.45, 7) is 0. The quantitative estimate of drug-likeness (QED) is 0.865. The minimum absolute atomic E-state index is 0.0934. The van der Waals surface area contributed by atoms with E-state index in [2.05, 4.69) is 4.98 Å². The third-order valence-electron chi connectivity index (χ3n) is 2.42. The number of nitrogens with zero attached hydrogens (tertiary/aromatic N) is 1. The van der Waals surface area contributed by atoms with Crippen LogP contribution in [0.25, 0.3) is 11.3 Å². The molecule has 0 saturated carbocycles. The van der Waals surface area contributed by atoms with Gasteiger partial charge in [-0.15, -0.1) is 0 Å². The Morgan fingerprint density at radius 3 is 2.72 bits per heavy atom. The van der Waals surface area contributed by atoms with Crippen LogP contribution in [0.3, 0.4) is 0 Å². The number of aromatic carboxylic acids is 1. The van der Waals surface area contributed by atoms with Gasteiger partial charge in [-0.1, -0.05) is 23.7 Å². The average Bonchev–Trinajstić information content (AvgIpc) is 2.38. The van der Waals surface area contributed by atoms with E-state index in [9.17, 15) is 4.79 Å². The molecular formula is C13H10ClNO3. The summed E-state index contributed by atoms with van der Waals surface area (Å²) in [7, 11) is 1.54. The van der Waals surface area contributed by atoms with Gasteiger partial charge < -0.3 is 9.84 Å². The van der Waals surface area contributed by atoms with Crippen LogP contribution < -0.4 is 4.74 Å². The van der Waals surface area contributed by atoms with Gasteiger partial charge in [0, 0.05) is 5.56 Å². The van der Waals surface area contributed by atoms with Crippen LogP contribution >= 0.6 is 11.6 Å². The lowest BCUT2D eigenvalue weighted by Crippen LogP contribution is -1.99. The van der Waals surface area contributed by atoms with E-state index in [1.54, 1.807) is 19.2 Å². The summed E-state index contributed by atoms with van der Waals surface area (Å²) in [5, 5.41) is 9.12. The fraction of sp³-hybridized carbons (Fsp3) is 0.0769. The zero-order valence-corrected chi connectivity index (χ0v) is 10.3. The second kappa shape index (κ2) is 5.06. The molecule has 1 aromatic heterocycles. The van der Waals surface area contributed by atoms with Crippen LogP contribution in [-0.2, 0) is 0 Å². The first-order valence-electron chi connectivity index (χ1n) is 5.16.